The zero-order valence-electron chi connectivity index (χ0n) is 15.8. The highest BCUT2D eigenvalue weighted by atomic mass is 19.1. The maximum atomic E-state index is 13.2. The lowest BCUT2D eigenvalue weighted by molar-refractivity contribution is 0.0749. The van der Waals surface area contributed by atoms with Gasteiger partial charge in [-0.1, -0.05) is 5.16 Å². The topological polar surface area (TPSA) is 91.2 Å². The van der Waals surface area contributed by atoms with E-state index in [1.54, 1.807) is 36.9 Å². The Morgan fingerprint density at radius 3 is 2.67 bits per heavy atom. The molecule has 0 spiro atoms. The van der Waals surface area contributed by atoms with Gasteiger partial charge in [0.25, 0.3) is 5.91 Å². The minimum absolute atomic E-state index is 0.0680. The Morgan fingerprint density at radius 2 is 2.04 bits per heavy atom. The molecule has 0 aromatic carbocycles. The molecule has 0 saturated carbocycles. The number of rotatable bonds is 5. The maximum absolute atomic E-state index is 13.2. The van der Waals surface area contributed by atoms with E-state index in [9.17, 15) is 9.18 Å². The Labute approximate surface area is 156 Å². The van der Waals surface area contributed by atoms with Gasteiger partial charge in [-0.25, -0.2) is 4.39 Å². The first kappa shape index (κ1) is 18.6. The summed E-state index contributed by atoms with van der Waals surface area (Å²) in [5.74, 6) is 0.484. The number of pyridine rings is 1. The normalized spacial score (nSPS) is 11.1. The molecule has 9 heteroatoms. The number of aryl methyl sites for hydroxylation is 1. The molecule has 0 fully saturated rings. The summed E-state index contributed by atoms with van der Waals surface area (Å²) < 4.78 is 18.5. The van der Waals surface area contributed by atoms with E-state index in [1.807, 2.05) is 13.8 Å². The Bertz CT molecular complexity index is 947. The summed E-state index contributed by atoms with van der Waals surface area (Å²) >= 11 is 0. The van der Waals surface area contributed by atoms with Crippen LogP contribution in [0, 0.1) is 12.7 Å². The van der Waals surface area contributed by atoms with Crippen molar-refractivity contribution >= 4 is 17.4 Å². The number of hydrogen-bond donors (Lipinski definition) is 1. The van der Waals surface area contributed by atoms with Gasteiger partial charge in [0.05, 0.1) is 11.9 Å². The van der Waals surface area contributed by atoms with Gasteiger partial charge < -0.3 is 14.3 Å². The summed E-state index contributed by atoms with van der Waals surface area (Å²) in [7, 11) is 3.52. The van der Waals surface area contributed by atoms with Crippen LogP contribution in [0.4, 0.5) is 15.9 Å². The number of nitrogens with zero attached hydrogens (tertiary/aromatic N) is 5. The Hall–Kier alpha value is -3.23. The second kappa shape index (κ2) is 7.18. The Morgan fingerprint density at radius 1 is 1.30 bits per heavy atom. The van der Waals surface area contributed by atoms with E-state index >= 15 is 0 Å². The first-order valence-corrected chi connectivity index (χ1v) is 8.44. The van der Waals surface area contributed by atoms with Gasteiger partial charge in [-0.15, -0.1) is 0 Å². The van der Waals surface area contributed by atoms with Crippen molar-refractivity contribution in [1.82, 2.24) is 25.2 Å². The SMILES string of the molecule is Cc1onc(-c2ccc(F)cn2)c1N(C)c1cc(C(=O)N(C)C(C)C)[nH]n1. The first-order chi connectivity index (χ1) is 12.8. The number of aromatic nitrogens is 4. The quantitative estimate of drug-likeness (QED) is 0.740. The van der Waals surface area contributed by atoms with Crippen molar-refractivity contribution in [3.63, 3.8) is 0 Å². The number of carbonyl (C=O) groups is 1. The highest BCUT2D eigenvalue weighted by molar-refractivity contribution is 5.93. The molecule has 0 saturated heterocycles. The number of halogens is 1. The lowest BCUT2D eigenvalue weighted by atomic mass is 10.2. The molecule has 0 unspecified atom stereocenters. The van der Waals surface area contributed by atoms with Crippen LogP contribution in [0.3, 0.4) is 0 Å². The molecule has 0 aliphatic heterocycles. The molecule has 3 aromatic heterocycles. The highest BCUT2D eigenvalue weighted by Gasteiger charge is 2.24. The summed E-state index contributed by atoms with van der Waals surface area (Å²) in [6.45, 7) is 5.63. The molecule has 1 amide bonds. The van der Waals surface area contributed by atoms with Crippen molar-refractivity contribution in [3.8, 4) is 11.4 Å². The molecule has 3 aromatic rings. The van der Waals surface area contributed by atoms with Crippen LogP contribution in [0.2, 0.25) is 0 Å². The molecule has 0 atom stereocenters. The highest BCUT2D eigenvalue weighted by Crippen LogP contribution is 2.35. The fourth-order valence-electron chi connectivity index (χ4n) is 2.58. The van der Waals surface area contributed by atoms with Gasteiger partial charge in [0, 0.05) is 26.2 Å². The molecule has 8 nitrogen and oxygen atoms in total. The van der Waals surface area contributed by atoms with Crippen LogP contribution in [0.25, 0.3) is 11.4 Å². The summed E-state index contributed by atoms with van der Waals surface area (Å²) in [4.78, 5) is 19.9. The first-order valence-electron chi connectivity index (χ1n) is 8.44. The number of carbonyl (C=O) groups excluding carboxylic acids is 1. The van der Waals surface area contributed by atoms with Crippen molar-refractivity contribution in [3.05, 3.63) is 41.7 Å². The molecule has 3 heterocycles. The smallest absolute Gasteiger partial charge is 0.271 e. The number of aromatic amines is 1. The van der Waals surface area contributed by atoms with Gasteiger partial charge >= 0.3 is 0 Å². The van der Waals surface area contributed by atoms with Crippen molar-refractivity contribution in [1.29, 1.82) is 0 Å². The molecule has 0 bridgehead atoms. The lowest BCUT2D eigenvalue weighted by Gasteiger charge is -2.20. The summed E-state index contributed by atoms with van der Waals surface area (Å²) in [5.41, 5.74) is 1.95. The maximum Gasteiger partial charge on any atom is 0.271 e. The van der Waals surface area contributed by atoms with Crippen LogP contribution in [-0.2, 0) is 0 Å². The van der Waals surface area contributed by atoms with E-state index in [2.05, 4.69) is 20.3 Å². The van der Waals surface area contributed by atoms with Crippen LogP contribution in [0.1, 0.15) is 30.1 Å². The molecule has 0 radical (unpaired) electrons. The van der Waals surface area contributed by atoms with Gasteiger partial charge in [-0.05, 0) is 32.9 Å². The number of hydrogen-bond acceptors (Lipinski definition) is 6. The van der Waals surface area contributed by atoms with Gasteiger partial charge in [0.1, 0.15) is 17.2 Å². The zero-order chi connectivity index (χ0) is 19.7. The third-order valence-electron chi connectivity index (χ3n) is 4.37. The average molecular weight is 372 g/mol. The van der Waals surface area contributed by atoms with Crippen molar-refractivity contribution in [2.75, 3.05) is 19.0 Å². The van der Waals surface area contributed by atoms with E-state index in [0.29, 0.717) is 34.3 Å². The summed E-state index contributed by atoms with van der Waals surface area (Å²) in [5, 5.41) is 11.0. The van der Waals surface area contributed by atoms with Gasteiger partial charge in [-0.2, -0.15) is 5.10 Å². The molecule has 142 valence electrons. The number of nitrogens with one attached hydrogen (secondary N) is 1. The summed E-state index contributed by atoms with van der Waals surface area (Å²) in [6, 6.07) is 4.57. The minimum Gasteiger partial charge on any atom is -0.359 e. The second-order valence-electron chi connectivity index (χ2n) is 6.51. The predicted octanol–water partition coefficient (Wildman–Crippen LogP) is 3.16. The van der Waals surface area contributed by atoms with Crippen molar-refractivity contribution < 1.29 is 13.7 Å². The van der Waals surface area contributed by atoms with Crippen LogP contribution in [0.15, 0.2) is 28.9 Å². The fraction of sp³-hybridized carbons (Fsp3) is 0.333. The largest absolute Gasteiger partial charge is 0.359 e. The van der Waals surface area contributed by atoms with Crippen LogP contribution < -0.4 is 4.90 Å². The van der Waals surface area contributed by atoms with E-state index in [1.165, 1.54) is 12.1 Å². The molecule has 0 aliphatic carbocycles. The van der Waals surface area contributed by atoms with Gasteiger partial charge in [-0.3, -0.25) is 14.9 Å². The molecule has 0 aliphatic rings. The molecule has 1 N–H and O–H groups in total. The van der Waals surface area contributed by atoms with E-state index < -0.39 is 5.82 Å². The Balaban J connectivity index is 1.93. The monoisotopic (exact) mass is 372 g/mol. The van der Waals surface area contributed by atoms with Crippen molar-refractivity contribution in [2.45, 2.75) is 26.8 Å². The summed E-state index contributed by atoms with van der Waals surface area (Å²) in [6.07, 6.45) is 1.12. The second-order valence-corrected chi connectivity index (χ2v) is 6.51. The van der Waals surface area contributed by atoms with E-state index in [4.69, 9.17) is 4.52 Å². The predicted molar refractivity (Wildman–Crippen MR) is 98.3 cm³/mol. The number of H-pyrrole nitrogens is 1. The Kier molecular flexibility index (Phi) is 4.93. The third kappa shape index (κ3) is 3.53. The number of anilines is 2. The molecule has 27 heavy (non-hydrogen) atoms. The van der Waals surface area contributed by atoms with Crippen LogP contribution in [0.5, 0.6) is 0 Å². The van der Waals surface area contributed by atoms with Gasteiger partial charge in [0.15, 0.2) is 17.3 Å². The zero-order valence-corrected chi connectivity index (χ0v) is 15.8. The molecular formula is C18H21FN6O2. The minimum atomic E-state index is -0.432. The van der Waals surface area contributed by atoms with Crippen LogP contribution >= 0.6 is 0 Å². The third-order valence-corrected chi connectivity index (χ3v) is 4.37. The molecular weight excluding hydrogens is 351 g/mol. The lowest BCUT2D eigenvalue weighted by Crippen LogP contribution is -2.33. The number of amides is 1. The average Bonchev–Trinajstić information content (AvgIpc) is 3.27. The fourth-order valence-corrected chi connectivity index (χ4v) is 2.58. The molecule has 3 rings (SSSR count). The van der Waals surface area contributed by atoms with E-state index in [-0.39, 0.29) is 11.9 Å². The van der Waals surface area contributed by atoms with Gasteiger partial charge in [0.2, 0.25) is 0 Å². The van der Waals surface area contributed by atoms with Crippen molar-refractivity contribution in [2.24, 2.45) is 0 Å². The van der Waals surface area contributed by atoms with E-state index in [0.717, 1.165) is 6.20 Å². The van der Waals surface area contributed by atoms with Crippen LogP contribution in [-0.4, -0.2) is 51.3 Å². The standard InChI is InChI=1S/C18H21FN6O2/c1-10(2)24(4)18(26)14-8-15(22-21-14)25(5)17-11(3)27-23-16(17)13-7-6-12(19)9-20-13/h6-10H,1-5H3,(H,21,22).